The lowest BCUT2D eigenvalue weighted by Crippen LogP contribution is -2.33. The number of carbonyl (C=O) groups excluding carboxylic acids is 2. The number of ketones is 1. The van der Waals surface area contributed by atoms with E-state index in [0.29, 0.717) is 6.54 Å². The maximum absolute atomic E-state index is 11.6. The Morgan fingerprint density at radius 3 is 2.68 bits per heavy atom. The third-order valence-electron chi connectivity index (χ3n) is 3.46. The average Bonchev–Trinajstić information content (AvgIpc) is 2.36. The zero-order chi connectivity index (χ0) is 14.0. The topological polar surface area (TPSA) is 40.6 Å². The summed E-state index contributed by atoms with van der Waals surface area (Å²) in [5, 5.41) is 0. The van der Waals surface area contributed by atoms with Crippen LogP contribution in [0.5, 0.6) is 0 Å². The molecule has 1 amide bonds. The molecular weight excluding hydrogens is 240 g/mol. The van der Waals surface area contributed by atoms with Crippen LogP contribution in [0.1, 0.15) is 25.8 Å². The lowest BCUT2D eigenvalue weighted by Gasteiger charge is -2.30. The van der Waals surface area contributed by atoms with Crippen molar-refractivity contribution in [1.29, 1.82) is 0 Å². The van der Waals surface area contributed by atoms with Gasteiger partial charge in [-0.05, 0) is 43.5 Å². The van der Waals surface area contributed by atoms with Crippen LogP contribution in [0, 0.1) is 0 Å². The van der Waals surface area contributed by atoms with Crippen LogP contribution in [0.15, 0.2) is 18.2 Å². The summed E-state index contributed by atoms with van der Waals surface area (Å²) in [7, 11) is 1.91. The summed E-state index contributed by atoms with van der Waals surface area (Å²) in [4.78, 5) is 26.5. The van der Waals surface area contributed by atoms with E-state index in [1.165, 1.54) is 5.56 Å². The highest BCUT2D eigenvalue weighted by atomic mass is 16.2. The van der Waals surface area contributed by atoms with Crippen molar-refractivity contribution in [2.45, 2.75) is 26.7 Å². The Hall–Kier alpha value is -1.84. The summed E-state index contributed by atoms with van der Waals surface area (Å²) in [6.45, 7) is 4.40. The number of nitrogens with zero attached hydrogens (tertiary/aromatic N) is 2. The van der Waals surface area contributed by atoms with Crippen LogP contribution in [0.3, 0.4) is 0 Å². The second kappa shape index (κ2) is 5.43. The van der Waals surface area contributed by atoms with E-state index in [4.69, 9.17) is 0 Å². The predicted octanol–water partition coefficient (Wildman–Crippen LogP) is 2.01. The zero-order valence-electron chi connectivity index (χ0n) is 11.8. The minimum absolute atomic E-state index is 0.0887. The molecule has 0 saturated heterocycles. The van der Waals surface area contributed by atoms with Crippen molar-refractivity contribution < 1.29 is 9.59 Å². The Kier molecular flexibility index (Phi) is 3.88. The number of fused-ring (bicyclic) bond motifs is 1. The van der Waals surface area contributed by atoms with Gasteiger partial charge in [0.25, 0.3) is 0 Å². The number of anilines is 2. The van der Waals surface area contributed by atoms with Crippen molar-refractivity contribution in [3.8, 4) is 0 Å². The van der Waals surface area contributed by atoms with Crippen molar-refractivity contribution in [2.75, 3.05) is 29.9 Å². The van der Waals surface area contributed by atoms with Crippen molar-refractivity contribution in [2.24, 2.45) is 0 Å². The molecule has 2 rings (SSSR count). The van der Waals surface area contributed by atoms with Crippen LogP contribution in [-0.2, 0) is 16.0 Å². The Balaban J connectivity index is 2.28. The van der Waals surface area contributed by atoms with E-state index < -0.39 is 0 Å². The van der Waals surface area contributed by atoms with Gasteiger partial charge in [0.2, 0.25) is 5.91 Å². The molecule has 0 aromatic heterocycles. The Bertz CT molecular complexity index is 511. The highest BCUT2D eigenvalue weighted by Gasteiger charge is 2.20. The van der Waals surface area contributed by atoms with Gasteiger partial charge in [0, 0.05) is 31.9 Å². The van der Waals surface area contributed by atoms with Gasteiger partial charge in [-0.25, -0.2) is 0 Å². The molecule has 1 aliphatic rings. The minimum Gasteiger partial charge on any atom is -0.367 e. The van der Waals surface area contributed by atoms with E-state index in [2.05, 4.69) is 6.07 Å². The molecule has 0 unspecified atom stereocenters. The van der Waals surface area contributed by atoms with E-state index in [1.54, 1.807) is 13.8 Å². The second-order valence-electron chi connectivity index (χ2n) is 5.15. The molecule has 0 spiro atoms. The molecule has 0 radical (unpaired) electrons. The van der Waals surface area contributed by atoms with Gasteiger partial charge in [-0.3, -0.25) is 9.59 Å². The number of aryl methyl sites for hydroxylation is 1. The molecule has 102 valence electrons. The summed E-state index contributed by atoms with van der Waals surface area (Å²) in [5.74, 6) is 0.233. The number of carbonyl (C=O) groups is 2. The standard InChI is InChI=1S/C15H20N2O2/c1-11(18)10-16(3)14-6-7-15-13(9-14)5-4-8-17(15)12(2)19/h6-7,9H,4-5,8,10H2,1-3H3. The summed E-state index contributed by atoms with van der Waals surface area (Å²) < 4.78 is 0. The van der Waals surface area contributed by atoms with Gasteiger partial charge in [-0.15, -0.1) is 0 Å². The monoisotopic (exact) mass is 260 g/mol. The van der Waals surface area contributed by atoms with Crippen LogP contribution >= 0.6 is 0 Å². The van der Waals surface area contributed by atoms with E-state index in [-0.39, 0.29) is 11.7 Å². The van der Waals surface area contributed by atoms with E-state index >= 15 is 0 Å². The fourth-order valence-electron chi connectivity index (χ4n) is 2.57. The molecule has 0 aliphatic carbocycles. The number of hydrogen-bond donors (Lipinski definition) is 0. The molecule has 1 aromatic carbocycles. The van der Waals surface area contributed by atoms with Gasteiger partial charge in [0.1, 0.15) is 5.78 Å². The normalized spacial score (nSPS) is 13.9. The number of rotatable bonds is 3. The van der Waals surface area contributed by atoms with E-state index in [9.17, 15) is 9.59 Å². The highest BCUT2D eigenvalue weighted by molar-refractivity contribution is 5.93. The smallest absolute Gasteiger partial charge is 0.223 e. The van der Waals surface area contributed by atoms with Gasteiger partial charge in [-0.1, -0.05) is 0 Å². The van der Waals surface area contributed by atoms with Crippen LogP contribution < -0.4 is 9.80 Å². The summed E-state index contributed by atoms with van der Waals surface area (Å²) in [6.07, 6.45) is 1.98. The molecule has 0 atom stereocenters. The lowest BCUT2D eigenvalue weighted by molar-refractivity contribution is -0.117. The lowest BCUT2D eigenvalue weighted by atomic mass is 10.0. The Labute approximate surface area is 114 Å². The van der Waals surface area contributed by atoms with Crippen molar-refractivity contribution in [1.82, 2.24) is 0 Å². The van der Waals surface area contributed by atoms with Gasteiger partial charge in [-0.2, -0.15) is 0 Å². The van der Waals surface area contributed by atoms with Crippen molar-refractivity contribution >= 4 is 23.1 Å². The number of benzene rings is 1. The average molecular weight is 260 g/mol. The Morgan fingerprint density at radius 1 is 1.32 bits per heavy atom. The molecule has 0 fully saturated rings. The minimum atomic E-state index is 0.0887. The van der Waals surface area contributed by atoms with E-state index in [1.807, 2.05) is 29.0 Å². The number of amides is 1. The maximum Gasteiger partial charge on any atom is 0.223 e. The first-order valence-corrected chi connectivity index (χ1v) is 6.60. The van der Waals surface area contributed by atoms with Gasteiger partial charge >= 0.3 is 0 Å². The quantitative estimate of drug-likeness (QED) is 0.834. The molecule has 4 heteroatoms. The molecule has 0 saturated carbocycles. The SMILES string of the molecule is CC(=O)CN(C)c1ccc2c(c1)CCCN2C(C)=O. The third kappa shape index (κ3) is 2.95. The summed E-state index contributed by atoms with van der Waals surface area (Å²) in [5.41, 5.74) is 3.23. The zero-order valence-corrected chi connectivity index (χ0v) is 11.8. The molecule has 1 aromatic rings. The van der Waals surface area contributed by atoms with Crippen LogP contribution in [0.25, 0.3) is 0 Å². The first kappa shape index (κ1) is 13.6. The number of Topliss-reactive ketones (excluding diaryl/α,β-unsaturated/α-hetero) is 1. The van der Waals surface area contributed by atoms with Gasteiger partial charge in [0.05, 0.1) is 6.54 Å². The number of hydrogen-bond acceptors (Lipinski definition) is 3. The summed E-state index contributed by atoms with van der Waals surface area (Å²) in [6, 6.07) is 6.05. The Morgan fingerprint density at radius 2 is 2.05 bits per heavy atom. The van der Waals surface area contributed by atoms with Crippen molar-refractivity contribution in [3.63, 3.8) is 0 Å². The molecule has 1 aliphatic heterocycles. The molecule has 0 bridgehead atoms. The fraction of sp³-hybridized carbons (Fsp3) is 0.467. The van der Waals surface area contributed by atoms with Crippen molar-refractivity contribution in [3.05, 3.63) is 23.8 Å². The predicted molar refractivity (Wildman–Crippen MR) is 76.7 cm³/mol. The summed E-state index contributed by atoms with van der Waals surface area (Å²) >= 11 is 0. The van der Waals surface area contributed by atoms with Gasteiger partial charge < -0.3 is 9.80 Å². The van der Waals surface area contributed by atoms with Crippen LogP contribution in [0.4, 0.5) is 11.4 Å². The molecular formula is C15H20N2O2. The first-order chi connectivity index (χ1) is 8.99. The highest BCUT2D eigenvalue weighted by Crippen LogP contribution is 2.30. The second-order valence-corrected chi connectivity index (χ2v) is 5.15. The largest absolute Gasteiger partial charge is 0.367 e. The van der Waals surface area contributed by atoms with Crippen LogP contribution in [0.2, 0.25) is 0 Å². The fourth-order valence-corrected chi connectivity index (χ4v) is 2.57. The maximum atomic E-state index is 11.6. The molecule has 0 N–H and O–H groups in total. The molecule has 4 nitrogen and oxygen atoms in total. The van der Waals surface area contributed by atoms with Gasteiger partial charge in [0.15, 0.2) is 0 Å². The molecule has 19 heavy (non-hydrogen) atoms. The number of likely N-dealkylation sites (N-methyl/N-ethyl adjacent to an activating group) is 1. The third-order valence-corrected chi connectivity index (χ3v) is 3.46. The first-order valence-electron chi connectivity index (χ1n) is 6.60. The van der Waals surface area contributed by atoms with Crippen LogP contribution in [-0.4, -0.2) is 31.8 Å². The van der Waals surface area contributed by atoms with E-state index in [0.717, 1.165) is 30.8 Å². The molecule has 1 heterocycles.